The molecule has 2 rings (SSSR count). The maximum Gasteiger partial charge on any atom is 0.130 e. The van der Waals surface area contributed by atoms with Gasteiger partial charge in [0.25, 0.3) is 0 Å². The van der Waals surface area contributed by atoms with E-state index in [1.807, 2.05) is 13.1 Å². The summed E-state index contributed by atoms with van der Waals surface area (Å²) in [4.78, 5) is 6.92. The number of hydrogen-bond donors (Lipinski definition) is 1. The molecule has 0 aromatic carbocycles. The first-order chi connectivity index (χ1) is 7.11. The van der Waals surface area contributed by atoms with Crippen LogP contribution in [0.25, 0.3) is 0 Å². The Bertz CT molecular complexity index is 346. The van der Waals surface area contributed by atoms with E-state index < -0.39 is 0 Å². The summed E-state index contributed by atoms with van der Waals surface area (Å²) in [6.07, 6.45) is 1.25. The summed E-state index contributed by atoms with van der Waals surface area (Å²) in [5.74, 6) is 2.03. The third-order valence-electron chi connectivity index (χ3n) is 2.99. The van der Waals surface area contributed by atoms with Gasteiger partial charge in [-0.3, -0.25) is 0 Å². The van der Waals surface area contributed by atoms with Gasteiger partial charge in [0, 0.05) is 20.1 Å². The van der Waals surface area contributed by atoms with Gasteiger partial charge in [-0.2, -0.15) is 0 Å². The van der Waals surface area contributed by atoms with Crippen LogP contribution in [0.3, 0.4) is 0 Å². The van der Waals surface area contributed by atoms with Crippen molar-refractivity contribution in [2.75, 3.05) is 30.4 Å². The predicted molar refractivity (Wildman–Crippen MR) is 64.4 cm³/mol. The third-order valence-corrected chi connectivity index (χ3v) is 2.99. The third kappa shape index (κ3) is 2.22. The molecule has 1 aromatic heterocycles. The summed E-state index contributed by atoms with van der Waals surface area (Å²) in [7, 11) is 1.90. The summed E-state index contributed by atoms with van der Waals surface area (Å²) in [6, 6.07) is 6.13. The first-order valence-corrected chi connectivity index (χ1v) is 5.50. The molecule has 0 amide bonds. The van der Waals surface area contributed by atoms with Crippen LogP contribution in [0.15, 0.2) is 18.2 Å². The van der Waals surface area contributed by atoms with Crippen LogP contribution in [0, 0.1) is 5.41 Å². The van der Waals surface area contributed by atoms with Crippen LogP contribution in [0.4, 0.5) is 11.6 Å². The molecule has 0 aliphatic carbocycles. The number of anilines is 2. The molecule has 1 aromatic rings. The number of nitrogens with zero attached hydrogens (tertiary/aromatic N) is 2. The Morgan fingerprint density at radius 1 is 1.40 bits per heavy atom. The van der Waals surface area contributed by atoms with Crippen molar-refractivity contribution in [3.8, 4) is 0 Å². The zero-order valence-electron chi connectivity index (χ0n) is 9.75. The van der Waals surface area contributed by atoms with Crippen molar-refractivity contribution < 1.29 is 0 Å². The summed E-state index contributed by atoms with van der Waals surface area (Å²) in [5.41, 5.74) is 0.428. The van der Waals surface area contributed by atoms with Gasteiger partial charge in [0.05, 0.1) is 0 Å². The molecule has 3 nitrogen and oxygen atoms in total. The van der Waals surface area contributed by atoms with Gasteiger partial charge in [0.15, 0.2) is 0 Å². The van der Waals surface area contributed by atoms with Gasteiger partial charge in [-0.25, -0.2) is 4.98 Å². The van der Waals surface area contributed by atoms with Gasteiger partial charge in [-0.15, -0.1) is 0 Å². The van der Waals surface area contributed by atoms with Crippen LogP contribution in [0.5, 0.6) is 0 Å². The van der Waals surface area contributed by atoms with Crippen molar-refractivity contribution in [3.05, 3.63) is 18.2 Å². The van der Waals surface area contributed by atoms with E-state index in [2.05, 4.69) is 41.2 Å². The Balaban J connectivity index is 2.16. The van der Waals surface area contributed by atoms with Crippen molar-refractivity contribution >= 4 is 11.6 Å². The van der Waals surface area contributed by atoms with Crippen LogP contribution in [-0.4, -0.2) is 25.1 Å². The van der Waals surface area contributed by atoms with E-state index >= 15 is 0 Å². The molecule has 0 unspecified atom stereocenters. The van der Waals surface area contributed by atoms with Gasteiger partial charge < -0.3 is 10.2 Å². The molecule has 82 valence electrons. The quantitative estimate of drug-likeness (QED) is 0.803. The van der Waals surface area contributed by atoms with Gasteiger partial charge in [0.1, 0.15) is 11.6 Å². The number of pyridine rings is 1. The highest BCUT2D eigenvalue weighted by molar-refractivity contribution is 5.47. The second-order valence-corrected chi connectivity index (χ2v) is 4.97. The predicted octanol–water partition coefficient (Wildman–Crippen LogP) is 2.36. The Kier molecular flexibility index (Phi) is 2.55. The van der Waals surface area contributed by atoms with Gasteiger partial charge in [-0.05, 0) is 24.0 Å². The standard InChI is InChI=1S/C12H19N3/c1-12(2)7-8-15(9-12)11-6-4-5-10(13-3)14-11/h4-6H,7-9H2,1-3H3,(H,13,14). The monoisotopic (exact) mass is 205 g/mol. The number of hydrogen-bond acceptors (Lipinski definition) is 3. The molecular formula is C12H19N3. The zero-order chi connectivity index (χ0) is 10.9. The largest absolute Gasteiger partial charge is 0.373 e. The van der Waals surface area contributed by atoms with Crippen LogP contribution in [0.2, 0.25) is 0 Å². The molecule has 0 saturated carbocycles. The minimum atomic E-state index is 0.428. The molecule has 2 heterocycles. The number of aromatic nitrogens is 1. The molecular weight excluding hydrogens is 186 g/mol. The fourth-order valence-corrected chi connectivity index (χ4v) is 2.05. The smallest absolute Gasteiger partial charge is 0.130 e. The maximum absolute atomic E-state index is 4.55. The van der Waals surface area contributed by atoms with E-state index in [0.29, 0.717) is 5.41 Å². The highest BCUT2D eigenvalue weighted by Gasteiger charge is 2.29. The Morgan fingerprint density at radius 3 is 2.80 bits per heavy atom. The van der Waals surface area contributed by atoms with E-state index in [0.717, 1.165) is 24.7 Å². The highest BCUT2D eigenvalue weighted by atomic mass is 15.2. The Hall–Kier alpha value is -1.25. The zero-order valence-corrected chi connectivity index (χ0v) is 9.75. The maximum atomic E-state index is 4.55. The highest BCUT2D eigenvalue weighted by Crippen LogP contribution is 2.31. The molecule has 1 saturated heterocycles. The van der Waals surface area contributed by atoms with Crippen molar-refractivity contribution in [2.24, 2.45) is 5.41 Å². The lowest BCUT2D eigenvalue weighted by Crippen LogP contribution is -2.23. The molecule has 0 radical (unpaired) electrons. The van der Waals surface area contributed by atoms with E-state index in [1.54, 1.807) is 0 Å². The van der Waals surface area contributed by atoms with Crippen molar-refractivity contribution in [1.82, 2.24) is 4.98 Å². The lowest BCUT2D eigenvalue weighted by atomic mass is 9.93. The molecule has 1 aliphatic heterocycles. The average Bonchev–Trinajstić information content (AvgIpc) is 2.59. The summed E-state index contributed by atoms with van der Waals surface area (Å²) in [6.45, 7) is 6.85. The molecule has 15 heavy (non-hydrogen) atoms. The minimum absolute atomic E-state index is 0.428. The van der Waals surface area contributed by atoms with Crippen molar-refractivity contribution in [3.63, 3.8) is 0 Å². The van der Waals surface area contributed by atoms with Crippen LogP contribution < -0.4 is 10.2 Å². The number of nitrogens with one attached hydrogen (secondary N) is 1. The normalized spacial score (nSPS) is 19.3. The van der Waals surface area contributed by atoms with E-state index in [9.17, 15) is 0 Å². The second-order valence-electron chi connectivity index (χ2n) is 4.97. The van der Waals surface area contributed by atoms with Crippen LogP contribution in [0.1, 0.15) is 20.3 Å². The average molecular weight is 205 g/mol. The van der Waals surface area contributed by atoms with Crippen LogP contribution >= 0.6 is 0 Å². The fraction of sp³-hybridized carbons (Fsp3) is 0.583. The summed E-state index contributed by atoms with van der Waals surface area (Å²) in [5, 5.41) is 3.07. The van der Waals surface area contributed by atoms with Gasteiger partial charge >= 0.3 is 0 Å². The van der Waals surface area contributed by atoms with Crippen molar-refractivity contribution in [2.45, 2.75) is 20.3 Å². The lowest BCUT2D eigenvalue weighted by Gasteiger charge is -2.20. The van der Waals surface area contributed by atoms with Crippen molar-refractivity contribution in [1.29, 1.82) is 0 Å². The molecule has 1 aliphatic rings. The first-order valence-electron chi connectivity index (χ1n) is 5.50. The number of rotatable bonds is 2. The molecule has 1 fully saturated rings. The molecule has 0 bridgehead atoms. The van der Waals surface area contributed by atoms with Gasteiger partial charge in [0.2, 0.25) is 0 Å². The molecule has 3 heteroatoms. The van der Waals surface area contributed by atoms with E-state index in [-0.39, 0.29) is 0 Å². The fourth-order valence-electron chi connectivity index (χ4n) is 2.05. The summed E-state index contributed by atoms with van der Waals surface area (Å²) < 4.78 is 0. The Morgan fingerprint density at radius 2 is 2.20 bits per heavy atom. The minimum Gasteiger partial charge on any atom is -0.373 e. The SMILES string of the molecule is CNc1cccc(N2CCC(C)(C)C2)n1. The van der Waals surface area contributed by atoms with E-state index in [1.165, 1.54) is 6.42 Å². The summed E-state index contributed by atoms with van der Waals surface area (Å²) >= 11 is 0. The lowest BCUT2D eigenvalue weighted by molar-refractivity contribution is 0.418. The van der Waals surface area contributed by atoms with Gasteiger partial charge in [-0.1, -0.05) is 19.9 Å². The molecule has 0 atom stereocenters. The molecule has 0 spiro atoms. The second kappa shape index (κ2) is 3.72. The van der Waals surface area contributed by atoms with Crippen LogP contribution in [-0.2, 0) is 0 Å². The van der Waals surface area contributed by atoms with E-state index in [4.69, 9.17) is 0 Å². The first kappa shape index (κ1) is 10.3. The Labute approximate surface area is 91.5 Å². The topological polar surface area (TPSA) is 28.2 Å². The molecule has 1 N–H and O–H groups in total.